The Morgan fingerprint density at radius 1 is 1.00 bits per heavy atom. The van der Waals surface area contributed by atoms with Crippen LogP contribution in [-0.2, 0) is 20.8 Å². The molecule has 1 aromatic heterocycles. The Bertz CT molecular complexity index is 1430. The fourth-order valence-electron chi connectivity index (χ4n) is 4.11. The molecule has 224 valence electrons. The van der Waals surface area contributed by atoms with E-state index in [1.54, 1.807) is 55.5 Å². The van der Waals surface area contributed by atoms with Crippen molar-refractivity contribution >= 4 is 23.7 Å². The van der Waals surface area contributed by atoms with Crippen LogP contribution < -0.4 is 16.2 Å². The number of hydrogen-bond donors (Lipinski definition) is 2. The van der Waals surface area contributed by atoms with E-state index in [1.807, 2.05) is 33.8 Å². The van der Waals surface area contributed by atoms with Crippen molar-refractivity contribution in [2.75, 3.05) is 18.5 Å². The van der Waals surface area contributed by atoms with Gasteiger partial charge in [-0.25, -0.2) is 9.48 Å². The summed E-state index contributed by atoms with van der Waals surface area (Å²) in [6.45, 7) is 10.1. The predicted octanol–water partition coefficient (Wildman–Crippen LogP) is 5.40. The van der Waals surface area contributed by atoms with E-state index in [2.05, 4.69) is 15.7 Å². The molecule has 2 amide bonds. The van der Waals surface area contributed by atoms with Crippen molar-refractivity contribution in [3.63, 3.8) is 0 Å². The van der Waals surface area contributed by atoms with E-state index in [9.17, 15) is 19.2 Å². The van der Waals surface area contributed by atoms with E-state index in [-0.39, 0.29) is 36.5 Å². The van der Waals surface area contributed by atoms with E-state index in [4.69, 9.17) is 9.47 Å². The van der Waals surface area contributed by atoms with Crippen molar-refractivity contribution in [3.8, 4) is 11.3 Å². The van der Waals surface area contributed by atoms with Crippen LogP contribution in [0.5, 0.6) is 0 Å². The molecular formula is C32H40N4O6. The Balaban J connectivity index is 1.54. The number of anilines is 1. The molecule has 1 heterocycles. The Hall–Kier alpha value is -4.47. The molecule has 3 rings (SSSR count). The molecule has 10 nitrogen and oxygen atoms in total. The lowest BCUT2D eigenvalue weighted by molar-refractivity contribution is -0.159. The maximum atomic E-state index is 12.6. The smallest absolute Gasteiger partial charge is 0.411 e. The summed E-state index contributed by atoms with van der Waals surface area (Å²) in [5.41, 5.74) is 2.43. The molecule has 2 N–H and O–H groups in total. The molecule has 2 aromatic carbocycles. The number of hydrogen-bond acceptors (Lipinski definition) is 7. The van der Waals surface area contributed by atoms with E-state index >= 15 is 0 Å². The Kier molecular flexibility index (Phi) is 11.4. The predicted molar refractivity (Wildman–Crippen MR) is 161 cm³/mol. The molecule has 0 aliphatic rings. The van der Waals surface area contributed by atoms with Crippen LogP contribution in [0.1, 0.15) is 69.8 Å². The van der Waals surface area contributed by atoms with Crippen LogP contribution in [0.4, 0.5) is 10.5 Å². The fraction of sp³-hybridized carbons (Fsp3) is 0.406. The summed E-state index contributed by atoms with van der Waals surface area (Å²) >= 11 is 0. The van der Waals surface area contributed by atoms with Crippen LogP contribution in [0.15, 0.2) is 65.5 Å². The highest BCUT2D eigenvalue weighted by atomic mass is 16.6. The maximum Gasteiger partial charge on any atom is 0.411 e. The van der Waals surface area contributed by atoms with Gasteiger partial charge in [-0.3, -0.25) is 19.7 Å². The summed E-state index contributed by atoms with van der Waals surface area (Å²) in [5.74, 6) is -0.570. The lowest BCUT2D eigenvalue weighted by atomic mass is 10.0. The minimum absolute atomic E-state index is 0.184. The van der Waals surface area contributed by atoms with Gasteiger partial charge in [0.2, 0.25) is 0 Å². The van der Waals surface area contributed by atoms with Gasteiger partial charge in [0.15, 0.2) is 0 Å². The third-order valence-corrected chi connectivity index (χ3v) is 6.25. The normalized spacial score (nSPS) is 11.8. The molecule has 0 aliphatic carbocycles. The molecule has 1 unspecified atom stereocenters. The molecule has 0 saturated carbocycles. The van der Waals surface area contributed by atoms with Crippen LogP contribution in [-0.4, -0.2) is 46.5 Å². The van der Waals surface area contributed by atoms with Gasteiger partial charge in [-0.05, 0) is 76.4 Å². The monoisotopic (exact) mass is 576 g/mol. The number of carbonyl (C=O) groups is 3. The summed E-state index contributed by atoms with van der Waals surface area (Å²) in [5, 5.41) is 10.1. The SMILES string of the molecule is CCOC(=O)Nc1cccc(Cn2nc(-c3ccc(C(=O)NCCCCC(C)C(=O)OC(C)(C)C)cc3)ccc2=O)c1. The molecule has 0 bridgehead atoms. The van der Waals surface area contributed by atoms with Crippen LogP contribution >= 0.6 is 0 Å². The van der Waals surface area contributed by atoms with Gasteiger partial charge >= 0.3 is 12.1 Å². The number of unbranched alkanes of at least 4 members (excludes halogenated alkanes) is 1. The quantitative estimate of drug-likeness (QED) is 0.218. The molecule has 0 radical (unpaired) electrons. The highest BCUT2D eigenvalue weighted by Crippen LogP contribution is 2.18. The highest BCUT2D eigenvalue weighted by Gasteiger charge is 2.21. The minimum atomic E-state index is -0.547. The number of aromatic nitrogens is 2. The average molecular weight is 577 g/mol. The van der Waals surface area contributed by atoms with Crippen LogP contribution in [0, 0.1) is 5.92 Å². The van der Waals surface area contributed by atoms with E-state index in [0.717, 1.165) is 24.0 Å². The van der Waals surface area contributed by atoms with Crippen LogP contribution in [0.2, 0.25) is 0 Å². The molecule has 0 fully saturated rings. The van der Waals surface area contributed by atoms with Crippen molar-refractivity contribution in [2.24, 2.45) is 5.92 Å². The van der Waals surface area contributed by atoms with E-state index in [1.165, 1.54) is 10.7 Å². The summed E-state index contributed by atoms with van der Waals surface area (Å²) < 4.78 is 11.7. The van der Waals surface area contributed by atoms with Gasteiger partial charge in [0.05, 0.1) is 24.8 Å². The zero-order valence-corrected chi connectivity index (χ0v) is 24.9. The zero-order chi connectivity index (χ0) is 30.7. The summed E-state index contributed by atoms with van der Waals surface area (Å²) in [7, 11) is 0. The number of nitrogens with one attached hydrogen (secondary N) is 2. The number of esters is 1. The van der Waals surface area contributed by atoms with Gasteiger partial charge in [0, 0.05) is 29.4 Å². The second-order valence-electron chi connectivity index (χ2n) is 11.0. The molecule has 42 heavy (non-hydrogen) atoms. The van der Waals surface area contributed by atoms with Crippen molar-refractivity contribution in [3.05, 3.63) is 82.1 Å². The summed E-state index contributed by atoms with van der Waals surface area (Å²) in [6.07, 6.45) is 1.70. The second-order valence-corrected chi connectivity index (χ2v) is 11.0. The highest BCUT2D eigenvalue weighted by molar-refractivity contribution is 5.94. The van der Waals surface area contributed by atoms with Crippen molar-refractivity contribution in [1.29, 1.82) is 0 Å². The van der Waals surface area contributed by atoms with Gasteiger partial charge in [-0.15, -0.1) is 0 Å². The van der Waals surface area contributed by atoms with Gasteiger partial charge in [0.25, 0.3) is 11.5 Å². The van der Waals surface area contributed by atoms with Crippen LogP contribution in [0.25, 0.3) is 11.3 Å². The Morgan fingerprint density at radius 2 is 1.74 bits per heavy atom. The third kappa shape index (κ3) is 10.2. The topological polar surface area (TPSA) is 129 Å². The number of ether oxygens (including phenoxy) is 2. The van der Waals surface area contributed by atoms with Gasteiger partial charge in [-0.2, -0.15) is 5.10 Å². The maximum absolute atomic E-state index is 12.6. The number of nitrogens with zero attached hydrogens (tertiary/aromatic N) is 2. The van der Waals surface area contributed by atoms with Crippen molar-refractivity contribution in [1.82, 2.24) is 15.1 Å². The molecule has 0 spiro atoms. The molecule has 0 aliphatic heterocycles. The standard InChI is InChI=1S/C32H40N4O6/c1-6-41-31(40)34-26-12-9-11-23(20-26)21-36-28(37)18-17-27(35-36)24-13-15-25(16-14-24)29(38)33-19-8-7-10-22(2)30(39)42-32(3,4)5/h9,11-18,20,22H,6-8,10,19,21H2,1-5H3,(H,33,38)(H,34,40). The van der Waals surface area contributed by atoms with Crippen molar-refractivity contribution in [2.45, 2.75) is 66.0 Å². The van der Waals surface area contributed by atoms with Gasteiger partial charge in [0.1, 0.15) is 5.60 Å². The van der Waals surface area contributed by atoms with Crippen LogP contribution in [0.3, 0.4) is 0 Å². The number of carbonyl (C=O) groups excluding carboxylic acids is 3. The fourth-order valence-corrected chi connectivity index (χ4v) is 4.11. The molecule has 0 saturated heterocycles. The number of benzene rings is 2. The first-order chi connectivity index (χ1) is 19.9. The summed E-state index contributed by atoms with van der Waals surface area (Å²) in [6, 6.07) is 17.2. The van der Waals surface area contributed by atoms with E-state index in [0.29, 0.717) is 29.9 Å². The molecule has 1 atom stereocenters. The Morgan fingerprint density at radius 3 is 2.43 bits per heavy atom. The molecular weight excluding hydrogens is 536 g/mol. The number of rotatable bonds is 12. The summed E-state index contributed by atoms with van der Waals surface area (Å²) in [4.78, 5) is 48.9. The zero-order valence-electron chi connectivity index (χ0n) is 24.9. The average Bonchev–Trinajstić information content (AvgIpc) is 2.93. The lowest BCUT2D eigenvalue weighted by Gasteiger charge is -2.22. The van der Waals surface area contributed by atoms with Gasteiger partial charge in [-0.1, -0.05) is 37.6 Å². The lowest BCUT2D eigenvalue weighted by Crippen LogP contribution is -2.28. The largest absolute Gasteiger partial charge is 0.460 e. The van der Waals surface area contributed by atoms with Crippen molar-refractivity contribution < 1.29 is 23.9 Å². The Labute approximate surface area is 246 Å². The third-order valence-electron chi connectivity index (χ3n) is 6.25. The van der Waals surface area contributed by atoms with Gasteiger partial charge < -0.3 is 14.8 Å². The van der Waals surface area contributed by atoms with E-state index < -0.39 is 11.7 Å². The second kappa shape index (κ2) is 15.0. The first kappa shape index (κ1) is 32.0. The first-order valence-corrected chi connectivity index (χ1v) is 14.2. The number of amides is 2. The molecule has 3 aromatic rings. The first-order valence-electron chi connectivity index (χ1n) is 14.2. The minimum Gasteiger partial charge on any atom is -0.460 e. The molecule has 10 heteroatoms.